The molecule has 0 aliphatic carbocycles. The lowest BCUT2D eigenvalue weighted by atomic mass is 10.3. The summed E-state index contributed by atoms with van der Waals surface area (Å²) in [6, 6.07) is 5.26. The third kappa shape index (κ3) is 5.14. The number of carbonyl (C=O) groups excluding carboxylic acids is 1. The molecule has 0 bridgehead atoms. The van der Waals surface area contributed by atoms with E-state index in [2.05, 4.69) is 10.3 Å². The van der Waals surface area contributed by atoms with Gasteiger partial charge >= 0.3 is 0 Å². The van der Waals surface area contributed by atoms with Crippen LogP contribution in [-0.4, -0.2) is 40.7 Å². The van der Waals surface area contributed by atoms with Crippen LogP contribution in [0.2, 0.25) is 0 Å². The van der Waals surface area contributed by atoms with Crippen molar-refractivity contribution < 1.29 is 9.90 Å². The standard InChI is InChI=1S/C11H16N2O2S/c14-7-3-8-16-9-6-13-11(15)10-4-1-2-5-12-10/h1-2,4-5,14H,3,6-9H2,(H,13,15). The summed E-state index contributed by atoms with van der Waals surface area (Å²) in [5, 5.41) is 11.4. The van der Waals surface area contributed by atoms with E-state index < -0.39 is 0 Å². The normalized spacial score (nSPS) is 10.1. The fraction of sp³-hybridized carbons (Fsp3) is 0.455. The van der Waals surface area contributed by atoms with Crippen LogP contribution in [0.4, 0.5) is 0 Å². The zero-order valence-corrected chi connectivity index (χ0v) is 9.87. The molecule has 0 atom stereocenters. The van der Waals surface area contributed by atoms with Gasteiger partial charge in [-0.05, 0) is 24.3 Å². The van der Waals surface area contributed by atoms with Crippen LogP contribution in [0.25, 0.3) is 0 Å². The first-order valence-electron chi connectivity index (χ1n) is 5.22. The number of hydrogen-bond acceptors (Lipinski definition) is 4. The van der Waals surface area contributed by atoms with Gasteiger partial charge in [-0.25, -0.2) is 0 Å². The van der Waals surface area contributed by atoms with E-state index in [1.807, 2.05) is 0 Å². The van der Waals surface area contributed by atoms with Crippen LogP contribution in [0.1, 0.15) is 16.9 Å². The van der Waals surface area contributed by atoms with Gasteiger partial charge in [-0.3, -0.25) is 9.78 Å². The number of carbonyl (C=O) groups is 1. The van der Waals surface area contributed by atoms with Gasteiger partial charge < -0.3 is 10.4 Å². The van der Waals surface area contributed by atoms with Crippen molar-refractivity contribution in [2.24, 2.45) is 0 Å². The highest BCUT2D eigenvalue weighted by molar-refractivity contribution is 7.99. The van der Waals surface area contributed by atoms with Gasteiger partial charge in [0, 0.05) is 25.1 Å². The minimum atomic E-state index is -0.136. The molecular weight excluding hydrogens is 224 g/mol. The largest absolute Gasteiger partial charge is 0.396 e. The molecule has 2 N–H and O–H groups in total. The summed E-state index contributed by atoms with van der Waals surface area (Å²) in [6.45, 7) is 0.860. The summed E-state index contributed by atoms with van der Waals surface area (Å²) >= 11 is 1.72. The molecule has 0 aliphatic rings. The van der Waals surface area contributed by atoms with E-state index in [-0.39, 0.29) is 12.5 Å². The lowest BCUT2D eigenvalue weighted by Gasteiger charge is -2.03. The number of amides is 1. The SMILES string of the molecule is O=C(NCCSCCCO)c1ccccn1. The van der Waals surface area contributed by atoms with Crippen molar-refractivity contribution in [3.8, 4) is 0 Å². The Morgan fingerprint density at radius 3 is 3.00 bits per heavy atom. The van der Waals surface area contributed by atoms with Crippen LogP contribution in [0, 0.1) is 0 Å². The van der Waals surface area contributed by atoms with Crippen molar-refractivity contribution in [3.63, 3.8) is 0 Å². The molecule has 0 spiro atoms. The lowest BCUT2D eigenvalue weighted by Crippen LogP contribution is -2.26. The fourth-order valence-electron chi connectivity index (χ4n) is 1.09. The molecule has 1 aromatic rings. The first-order valence-corrected chi connectivity index (χ1v) is 6.38. The highest BCUT2D eigenvalue weighted by Gasteiger charge is 2.03. The summed E-state index contributed by atoms with van der Waals surface area (Å²) in [6.07, 6.45) is 2.41. The molecule has 0 aromatic carbocycles. The third-order valence-electron chi connectivity index (χ3n) is 1.88. The Hall–Kier alpha value is -1.07. The number of nitrogens with one attached hydrogen (secondary N) is 1. The second-order valence-electron chi connectivity index (χ2n) is 3.16. The molecule has 0 saturated carbocycles. The van der Waals surface area contributed by atoms with Gasteiger partial charge in [0.15, 0.2) is 0 Å². The number of nitrogens with zero attached hydrogens (tertiary/aromatic N) is 1. The molecule has 5 heteroatoms. The van der Waals surface area contributed by atoms with Crippen LogP contribution in [0.3, 0.4) is 0 Å². The van der Waals surface area contributed by atoms with Crippen LogP contribution in [-0.2, 0) is 0 Å². The number of thioether (sulfide) groups is 1. The number of hydrogen-bond donors (Lipinski definition) is 2. The predicted octanol–water partition coefficient (Wildman–Crippen LogP) is 0.927. The van der Waals surface area contributed by atoms with E-state index in [1.54, 1.807) is 36.2 Å². The lowest BCUT2D eigenvalue weighted by molar-refractivity contribution is 0.0951. The molecule has 0 aliphatic heterocycles. The molecule has 1 aromatic heterocycles. The molecule has 1 heterocycles. The maximum absolute atomic E-state index is 11.5. The predicted molar refractivity (Wildman–Crippen MR) is 65.6 cm³/mol. The highest BCUT2D eigenvalue weighted by atomic mass is 32.2. The second kappa shape index (κ2) is 8.13. The van der Waals surface area contributed by atoms with Gasteiger partial charge in [-0.1, -0.05) is 6.07 Å². The molecule has 88 valence electrons. The van der Waals surface area contributed by atoms with Crippen molar-refractivity contribution >= 4 is 17.7 Å². The molecule has 16 heavy (non-hydrogen) atoms. The minimum absolute atomic E-state index is 0.136. The van der Waals surface area contributed by atoms with Gasteiger partial charge in [0.25, 0.3) is 5.91 Å². The Bertz CT molecular complexity index is 306. The van der Waals surface area contributed by atoms with Crippen molar-refractivity contribution in [2.75, 3.05) is 24.7 Å². The zero-order valence-electron chi connectivity index (χ0n) is 9.06. The maximum atomic E-state index is 11.5. The van der Waals surface area contributed by atoms with Crippen LogP contribution in [0.5, 0.6) is 0 Å². The second-order valence-corrected chi connectivity index (χ2v) is 4.39. The smallest absolute Gasteiger partial charge is 0.269 e. The summed E-state index contributed by atoms with van der Waals surface area (Å²) in [4.78, 5) is 15.5. The van der Waals surface area contributed by atoms with Crippen LogP contribution < -0.4 is 5.32 Å². The Kier molecular flexibility index (Phi) is 6.60. The van der Waals surface area contributed by atoms with Crippen molar-refractivity contribution in [2.45, 2.75) is 6.42 Å². The van der Waals surface area contributed by atoms with E-state index in [0.29, 0.717) is 12.2 Å². The molecule has 0 saturated heterocycles. The van der Waals surface area contributed by atoms with Gasteiger partial charge in [-0.2, -0.15) is 11.8 Å². The third-order valence-corrected chi connectivity index (χ3v) is 2.95. The molecule has 0 radical (unpaired) electrons. The van der Waals surface area contributed by atoms with Crippen molar-refractivity contribution in [3.05, 3.63) is 30.1 Å². The van der Waals surface area contributed by atoms with Crippen LogP contribution >= 0.6 is 11.8 Å². The maximum Gasteiger partial charge on any atom is 0.269 e. The highest BCUT2D eigenvalue weighted by Crippen LogP contribution is 2.00. The average Bonchev–Trinajstić information content (AvgIpc) is 2.34. The number of aliphatic hydroxyl groups excluding tert-OH is 1. The molecule has 1 rings (SSSR count). The van der Waals surface area contributed by atoms with E-state index >= 15 is 0 Å². The molecule has 0 unspecified atom stereocenters. The fourth-order valence-corrected chi connectivity index (χ4v) is 1.88. The minimum Gasteiger partial charge on any atom is -0.396 e. The number of aromatic nitrogens is 1. The van der Waals surface area contributed by atoms with E-state index in [0.717, 1.165) is 17.9 Å². The van der Waals surface area contributed by atoms with Gasteiger partial charge in [0.1, 0.15) is 5.69 Å². The van der Waals surface area contributed by atoms with Gasteiger partial charge in [0.05, 0.1) is 0 Å². The van der Waals surface area contributed by atoms with Gasteiger partial charge in [0.2, 0.25) is 0 Å². The van der Waals surface area contributed by atoms with E-state index in [4.69, 9.17) is 5.11 Å². The Balaban J connectivity index is 2.12. The first-order chi connectivity index (χ1) is 7.84. The number of rotatable bonds is 7. The number of pyridine rings is 1. The van der Waals surface area contributed by atoms with Crippen molar-refractivity contribution in [1.82, 2.24) is 10.3 Å². The molecule has 1 amide bonds. The summed E-state index contributed by atoms with van der Waals surface area (Å²) < 4.78 is 0. The number of aliphatic hydroxyl groups is 1. The average molecular weight is 240 g/mol. The Morgan fingerprint density at radius 2 is 2.31 bits per heavy atom. The quantitative estimate of drug-likeness (QED) is 0.696. The monoisotopic (exact) mass is 240 g/mol. The summed E-state index contributed by atoms with van der Waals surface area (Å²) in [5.41, 5.74) is 0.447. The summed E-state index contributed by atoms with van der Waals surface area (Å²) in [7, 11) is 0. The summed E-state index contributed by atoms with van der Waals surface area (Å²) in [5.74, 6) is 1.65. The molecule has 0 fully saturated rings. The first kappa shape index (κ1) is 13.0. The van der Waals surface area contributed by atoms with E-state index in [1.165, 1.54) is 0 Å². The zero-order chi connectivity index (χ0) is 11.6. The van der Waals surface area contributed by atoms with Crippen LogP contribution in [0.15, 0.2) is 24.4 Å². The van der Waals surface area contributed by atoms with Crippen molar-refractivity contribution in [1.29, 1.82) is 0 Å². The molecule has 4 nitrogen and oxygen atoms in total. The Labute approximate surface area is 99.5 Å². The Morgan fingerprint density at radius 1 is 1.44 bits per heavy atom. The molecular formula is C11H16N2O2S. The topological polar surface area (TPSA) is 62.2 Å². The van der Waals surface area contributed by atoms with E-state index in [9.17, 15) is 4.79 Å². The van der Waals surface area contributed by atoms with Gasteiger partial charge in [-0.15, -0.1) is 0 Å².